The summed E-state index contributed by atoms with van der Waals surface area (Å²) in [6.07, 6.45) is 0.787. The Morgan fingerprint density at radius 1 is 1.88 bits per heavy atom. The van der Waals surface area contributed by atoms with E-state index in [1.54, 1.807) is 0 Å². The zero-order valence-electron chi connectivity index (χ0n) is 4.55. The van der Waals surface area contributed by atoms with Crippen LogP contribution in [-0.4, -0.2) is 24.2 Å². The van der Waals surface area contributed by atoms with E-state index in [0.29, 0.717) is 0 Å². The Bertz CT molecular complexity index is 103. The van der Waals surface area contributed by atoms with Gasteiger partial charge in [-0.05, 0) is 6.42 Å². The number of carbonyl (C=O) groups is 1. The van der Waals surface area contributed by atoms with Crippen LogP contribution in [0.1, 0.15) is 6.42 Å². The van der Waals surface area contributed by atoms with Crippen molar-refractivity contribution < 1.29 is 9.90 Å². The molecule has 1 aliphatic heterocycles. The molecule has 0 saturated carbocycles. The second-order valence-electron chi connectivity index (χ2n) is 1.96. The highest BCUT2D eigenvalue weighted by molar-refractivity contribution is 5.80. The number of aliphatic hydroxyl groups excluding tert-OH is 1. The summed E-state index contributed by atoms with van der Waals surface area (Å²) in [4.78, 5) is 10.5. The maximum absolute atomic E-state index is 10.5. The molecular formula is C5H9NO2. The monoisotopic (exact) mass is 115 g/mol. The average Bonchev–Trinajstić information content (AvgIpc) is 2.14. The first-order valence-corrected chi connectivity index (χ1v) is 2.73. The van der Waals surface area contributed by atoms with Crippen LogP contribution in [0.5, 0.6) is 0 Å². The first-order valence-electron chi connectivity index (χ1n) is 2.73. The van der Waals surface area contributed by atoms with Crippen molar-refractivity contribution in [1.82, 2.24) is 5.32 Å². The van der Waals surface area contributed by atoms with E-state index in [1.165, 1.54) is 0 Å². The van der Waals surface area contributed by atoms with Crippen molar-refractivity contribution in [3.8, 4) is 0 Å². The lowest BCUT2D eigenvalue weighted by Gasteiger charge is -1.96. The molecule has 3 heteroatoms. The third kappa shape index (κ3) is 0.816. The second kappa shape index (κ2) is 2.13. The van der Waals surface area contributed by atoms with Gasteiger partial charge in [0.05, 0.1) is 12.5 Å². The maximum atomic E-state index is 10.5. The molecule has 0 radical (unpaired) electrons. The predicted octanol–water partition coefficient (Wildman–Crippen LogP) is -0.885. The van der Waals surface area contributed by atoms with Gasteiger partial charge < -0.3 is 10.4 Å². The SMILES string of the molecule is O=C1NCCC1CO. The van der Waals surface area contributed by atoms with Crippen LogP contribution in [0.15, 0.2) is 0 Å². The number of carbonyl (C=O) groups excluding carboxylic acids is 1. The number of rotatable bonds is 1. The predicted molar refractivity (Wildman–Crippen MR) is 28.2 cm³/mol. The molecule has 0 aliphatic carbocycles. The summed E-state index contributed by atoms with van der Waals surface area (Å²) < 4.78 is 0. The van der Waals surface area contributed by atoms with Gasteiger partial charge in [0.25, 0.3) is 0 Å². The smallest absolute Gasteiger partial charge is 0.225 e. The van der Waals surface area contributed by atoms with Gasteiger partial charge >= 0.3 is 0 Å². The molecule has 0 aromatic rings. The molecule has 1 aliphatic rings. The van der Waals surface area contributed by atoms with Gasteiger partial charge in [-0.25, -0.2) is 0 Å². The molecule has 1 rings (SSSR count). The molecule has 1 fully saturated rings. The summed E-state index contributed by atoms with van der Waals surface area (Å²) in [5.41, 5.74) is 0. The number of aliphatic hydroxyl groups is 1. The molecule has 1 amide bonds. The summed E-state index contributed by atoms with van der Waals surface area (Å²) in [7, 11) is 0. The van der Waals surface area contributed by atoms with Crippen LogP contribution < -0.4 is 5.32 Å². The highest BCUT2D eigenvalue weighted by Gasteiger charge is 2.22. The average molecular weight is 115 g/mol. The van der Waals surface area contributed by atoms with E-state index in [1.807, 2.05) is 0 Å². The van der Waals surface area contributed by atoms with E-state index in [0.717, 1.165) is 13.0 Å². The van der Waals surface area contributed by atoms with Crippen LogP contribution in [0.3, 0.4) is 0 Å². The highest BCUT2D eigenvalue weighted by Crippen LogP contribution is 2.06. The molecule has 1 saturated heterocycles. The van der Waals surface area contributed by atoms with Crippen molar-refractivity contribution in [1.29, 1.82) is 0 Å². The quantitative estimate of drug-likeness (QED) is 0.466. The molecule has 3 nitrogen and oxygen atoms in total. The minimum Gasteiger partial charge on any atom is -0.396 e. The van der Waals surface area contributed by atoms with E-state index in [9.17, 15) is 4.79 Å². The van der Waals surface area contributed by atoms with Crippen molar-refractivity contribution in [2.45, 2.75) is 6.42 Å². The Kier molecular flexibility index (Phi) is 1.48. The normalized spacial score (nSPS) is 28.1. The van der Waals surface area contributed by atoms with Gasteiger partial charge in [-0.15, -0.1) is 0 Å². The second-order valence-corrected chi connectivity index (χ2v) is 1.96. The van der Waals surface area contributed by atoms with Crippen LogP contribution in [0.25, 0.3) is 0 Å². The molecule has 0 aromatic heterocycles. The molecule has 46 valence electrons. The first kappa shape index (κ1) is 5.56. The van der Waals surface area contributed by atoms with Gasteiger partial charge in [0, 0.05) is 6.54 Å². The third-order valence-electron chi connectivity index (χ3n) is 1.38. The topological polar surface area (TPSA) is 49.3 Å². The molecule has 1 heterocycles. The third-order valence-corrected chi connectivity index (χ3v) is 1.38. The summed E-state index contributed by atoms with van der Waals surface area (Å²) >= 11 is 0. The number of hydrogen-bond donors (Lipinski definition) is 2. The lowest BCUT2D eigenvalue weighted by atomic mass is 10.1. The van der Waals surface area contributed by atoms with Crippen molar-refractivity contribution in [3.05, 3.63) is 0 Å². The summed E-state index contributed by atoms with van der Waals surface area (Å²) in [6.45, 7) is 0.718. The van der Waals surface area contributed by atoms with Crippen LogP contribution in [0.4, 0.5) is 0 Å². The van der Waals surface area contributed by atoms with Gasteiger partial charge in [-0.1, -0.05) is 0 Å². The fourth-order valence-corrected chi connectivity index (χ4v) is 0.819. The molecule has 8 heavy (non-hydrogen) atoms. The van der Waals surface area contributed by atoms with Crippen LogP contribution >= 0.6 is 0 Å². The molecule has 0 bridgehead atoms. The van der Waals surface area contributed by atoms with Gasteiger partial charge in [0.1, 0.15) is 0 Å². The van der Waals surface area contributed by atoms with E-state index < -0.39 is 0 Å². The summed E-state index contributed by atoms with van der Waals surface area (Å²) in [6, 6.07) is 0. The van der Waals surface area contributed by atoms with E-state index in [4.69, 9.17) is 5.11 Å². The van der Waals surface area contributed by atoms with Crippen molar-refractivity contribution in [3.63, 3.8) is 0 Å². The highest BCUT2D eigenvalue weighted by atomic mass is 16.3. The Hall–Kier alpha value is -0.570. The van der Waals surface area contributed by atoms with Gasteiger partial charge in [0.15, 0.2) is 0 Å². The maximum Gasteiger partial charge on any atom is 0.225 e. The molecule has 1 atom stereocenters. The van der Waals surface area contributed by atoms with Crippen LogP contribution in [0.2, 0.25) is 0 Å². The lowest BCUT2D eigenvalue weighted by Crippen LogP contribution is -2.20. The van der Waals surface area contributed by atoms with Crippen LogP contribution in [0, 0.1) is 5.92 Å². The zero-order valence-corrected chi connectivity index (χ0v) is 4.55. The largest absolute Gasteiger partial charge is 0.396 e. The van der Waals surface area contributed by atoms with Crippen molar-refractivity contribution in [2.24, 2.45) is 5.92 Å². The van der Waals surface area contributed by atoms with Crippen molar-refractivity contribution in [2.75, 3.05) is 13.2 Å². The van der Waals surface area contributed by atoms with Crippen LogP contribution in [-0.2, 0) is 4.79 Å². The van der Waals surface area contributed by atoms with E-state index >= 15 is 0 Å². The summed E-state index contributed by atoms with van der Waals surface area (Å²) in [5.74, 6) is -0.137. The number of amides is 1. The van der Waals surface area contributed by atoms with Crippen molar-refractivity contribution >= 4 is 5.91 Å². The Labute approximate surface area is 47.7 Å². The molecule has 0 spiro atoms. The minimum atomic E-state index is -0.130. The fourth-order valence-electron chi connectivity index (χ4n) is 0.819. The molecule has 2 N–H and O–H groups in total. The number of hydrogen-bond acceptors (Lipinski definition) is 2. The zero-order chi connectivity index (χ0) is 5.98. The number of nitrogens with one attached hydrogen (secondary N) is 1. The van der Waals surface area contributed by atoms with Gasteiger partial charge in [-0.2, -0.15) is 0 Å². The lowest BCUT2D eigenvalue weighted by molar-refractivity contribution is -0.123. The Morgan fingerprint density at radius 2 is 2.62 bits per heavy atom. The summed E-state index contributed by atoms with van der Waals surface area (Å²) in [5, 5.41) is 11.1. The standard InChI is InChI=1S/C5H9NO2/c7-3-4-1-2-6-5(4)8/h4,7H,1-3H2,(H,6,8). The van der Waals surface area contributed by atoms with E-state index in [-0.39, 0.29) is 18.4 Å². The Morgan fingerprint density at radius 3 is 2.88 bits per heavy atom. The fraction of sp³-hybridized carbons (Fsp3) is 0.800. The van der Waals surface area contributed by atoms with E-state index in [2.05, 4.69) is 5.32 Å². The Balaban J connectivity index is 2.42. The van der Waals surface area contributed by atoms with Gasteiger partial charge in [0.2, 0.25) is 5.91 Å². The molecule has 0 aromatic carbocycles. The van der Waals surface area contributed by atoms with Gasteiger partial charge in [-0.3, -0.25) is 4.79 Å². The molecule has 1 unspecified atom stereocenters. The minimum absolute atomic E-state index is 0.00694. The molecular weight excluding hydrogens is 106 g/mol. The first-order chi connectivity index (χ1) is 3.84.